The zero-order chi connectivity index (χ0) is 60.1. The number of halogens is 4. The SMILES string of the molecule is C1CCC([PH+](C2CCCCC2)C2CCCCC2)CC1.C1CCC([PH+](C2CCCCC2)C2CCCCC2)CC1.CC(C)=C[CH]=[Ru]([Cl])[Cl].Cc1cc(C)c(N2[CH-]CCC2)c(C)c1.Cc1cc(C)c(N2[CH-]CCC2)c(C)c1.[Cl][Ru]([Cl])=[CH]c1ccccc1. The molecule has 2 saturated heterocycles. The maximum atomic E-state index is 5.67. The molecule has 0 unspecified atom stereocenters. The van der Waals surface area contributed by atoms with E-state index in [4.69, 9.17) is 38.8 Å². The van der Waals surface area contributed by atoms with Gasteiger partial charge in [0.1, 0.15) is 0 Å². The topological polar surface area (TPSA) is 6.48 Å². The third-order valence-electron chi connectivity index (χ3n) is 19.7. The van der Waals surface area contributed by atoms with Crippen molar-refractivity contribution in [2.75, 3.05) is 22.9 Å². The van der Waals surface area contributed by atoms with Gasteiger partial charge in [0.2, 0.25) is 0 Å². The Morgan fingerprint density at radius 3 is 0.917 bits per heavy atom. The van der Waals surface area contributed by atoms with Crippen molar-refractivity contribution in [3.63, 3.8) is 0 Å². The van der Waals surface area contributed by atoms with Crippen molar-refractivity contribution in [2.45, 2.75) is 308 Å². The van der Waals surface area contributed by atoms with E-state index in [1.807, 2.05) is 59.5 Å². The van der Waals surface area contributed by atoms with Crippen molar-refractivity contribution in [2.24, 2.45) is 0 Å². The monoisotopic (exact) mass is 1440 g/mol. The molecule has 0 amide bonds. The van der Waals surface area contributed by atoms with E-state index in [9.17, 15) is 0 Å². The molecule has 0 aromatic heterocycles. The minimum absolute atomic E-state index is 0.0465. The molecular weight excluding hydrogens is 1320 g/mol. The molecule has 3 aromatic rings. The van der Waals surface area contributed by atoms with E-state index in [2.05, 4.69) is 88.7 Å². The second-order valence-electron chi connectivity index (χ2n) is 26.8. The van der Waals surface area contributed by atoms with E-state index in [-0.39, 0.29) is 15.8 Å². The van der Waals surface area contributed by atoms with Crippen molar-refractivity contribution in [3.8, 4) is 0 Å². The van der Waals surface area contributed by atoms with Crippen LogP contribution in [0.3, 0.4) is 0 Å². The zero-order valence-corrected chi connectivity index (χ0v) is 62.6. The molecule has 8 fully saturated rings. The Labute approximate surface area is 546 Å². The van der Waals surface area contributed by atoms with Crippen LogP contribution in [0.2, 0.25) is 0 Å². The van der Waals surface area contributed by atoms with Crippen LogP contribution in [0.4, 0.5) is 11.4 Å². The van der Waals surface area contributed by atoms with Crippen LogP contribution in [0.1, 0.15) is 271 Å². The van der Waals surface area contributed by atoms with E-state index in [1.165, 1.54) is 123 Å². The van der Waals surface area contributed by atoms with Gasteiger partial charge in [0, 0.05) is 27.2 Å². The number of aryl methyl sites for hydroxylation is 6. The van der Waals surface area contributed by atoms with Gasteiger partial charge in [-0.1, -0.05) is 86.8 Å². The van der Waals surface area contributed by atoms with Crippen molar-refractivity contribution < 1.29 is 27.0 Å². The van der Waals surface area contributed by atoms with Gasteiger partial charge in [0.05, 0.1) is 34.0 Å². The van der Waals surface area contributed by atoms with Crippen LogP contribution in [0.5, 0.6) is 0 Å². The molecule has 0 bridgehead atoms. The Hall–Kier alpha value is 0.00675. The Morgan fingerprint density at radius 1 is 0.417 bits per heavy atom. The summed E-state index contributed by atoms with van der Waals surface area (Å²) in [6.07, 6.45) is 54.6. The van der Waals surface area contributed by atoms with E-state index >= 15 is 0 Å². The van der Waals surface area contributed by atoms with E-state index in [1.54, 1.807) is 193 Å². The predicted octanol–water partition coefficient (Wildman–Crippen LogP) is 24.6. The second kappa shape index (κ2) is 41.5. The van der Waals surface area contributed by atoms with Gasteiger partial charge in [-0.3, -0.25) is 0 Å². The third-order valence-corrected chi connectivity index (χ3v) is 32.5. The fourth-order valence-corrected chi connectivity index (χ4v) is 29.8. The maximum absolute atomic E-state index is 5.67. The van der Waals surface area contributed by atoms with Gasteiger partial charge in [-0.25, -0.2) is 13.1 Å². The molecule has 8 aliphatic rings. The van der Waals surface area contributed by atoms with Gasteiger partial charge < -0.3 is 9.80 Å². The van der Waals surface area contributed by atoms with Gasteiger partial charge in [-0.15, -0.1) is 0 Å². The minimum atomic E-state index is -1.61. The van der Waals surface area contributed by atoms with E-state index in [0.717, 1.165) is 5.56 Å². The standard InChI is InChI=1S/2C18H33P.2C13H18N.C7H6.C5H8.4ClH.2Ru/c2*1-4-10-16(11-5-1)19(17-12-6-2-7-13-17)18-14-8-3-9-15-18;2*1-10-8-11(2)13(12(3)9-10)14-6-4-5-7-14;1-7-5-3-2-4-6-7;1-4-5(2)3;;;;;;/h2*16-18H,1-15H2;2*6,8-9H,4-5,7H2,1-3H3;1-6H;1,4H,2-3H3;4*1H;;/q;;2*-1;;;;;;;2*+2/p-2. The number of allylic oxidation sites excluding steroid dienone is 2. The van der Waals surface area contributed by atoms with Gasteiger partial charge in [0.25, 0.3) is 0 Å². The summed E-state index contributed by atoms with van der Waals surface area (Å²) >= 11 is -3.13. The molecule has 10 heteroatoms. The normalized spacial score (nSPS) is 20.8. The summed E-state index contributed by atoms with van der Waals surface area (Å²) in [5.41, 5.74) is 20.9. The number of rotatable bonds is 10. The van der Waals surface area contributed by atoms with Gasteiger partial charge in [-0.2, -0.15) is 12.8 Å². The molecule has 11 rings (SSSR count). The summed E-state index contributed by atoms with van der Waals surface area (Å²) < 4.78 is 3.80. The Kier molecular flexibility index (Phi) is 36.1. The van der Waals surface area contributed by atoms with Crippen LogP contribution in [-0.4, -0.2) is 56.3 Å². The van der Waals surface area contributed by atoms with Gasteiger partial charge >= 0.3 is 136 Å². The molecule has 0 radical (unpaired) electrons. The summed E-state index contributed by atoms with van der Waals surface area (Å²) in [5, 5.41) is 0. The first-order chi connectivity index (χ1) is 40.7. The van der Waals surface area contributed by atoms with Gasteiger partial charge in [-0.05, 0) is 231 Å². The molecule has 2 aliphatic heterocycles. The molecular formula is C74H118Cl4N2P2Ru2. The quantitative estimate of drug-likeness (QED) is 0.113. The summed E-state index contributed by atoms with van der Waals surface area (Å²) in [7, 11) is 22.3. The van der Waals surface area contributed by atoms with Crippen LogP contribution >= 0.6 is 54.6 Å². The van der Waals surface area contributed by atoms with Crippen LogP contribution in [-0.2, 0) is 27.0 Å². The first kappa shape index (κ1) is 73.1. The molecule has 0 spiro atoms. The molecule has 2 heterocycles. The number of hydrogen-bond donors (Lipinski definition) is 0. The Morgan fingerprint density at radius 2 is 0.702 bits per heavy atom. The van der Waals surface area contributed by atoms with E-state index < -0.39 is 27.0 Å². The van der Waals surface area contributed by atoms with Crippen LogP contribution in [0.15, 0.2) is 66.2 Å². The van der Waals surface area contributed by atoms with Crippen molar-refractivity contribution in [1.29, 1.82) is 0 Å². The summed E-state index contributed by atoms with van der Waals surface area (Å²) in [4.78, 5) is 4.81. The van der Waals surface area contributed by atoms with Crippen LogP contribution in [0, 0.1) is 54.6 Å². The first-order valence-corrected chi connectivity index (χ1v) is 48.5. The van der Waals surface area contributed by atoms with Crippen molar-refractivity contribution in [3.05, 3.63) is 118 Å². The number of benzene rings is 3. The molecule has 6 saturated carbocycles. The molecule has 6 aliphatic carbocycles. The molecule has 478 valence electrons. The average molecular weight is 1440 g/mol. The number of nitrogens with zero attached hydrogens (tertiary/aromatic N) is 2. The fraction of sp³-hybridized carbons (Fsp3) is 0.676. The summed E-state index contributed by atoms with van der Waals surface area (Å²) in [6, 6.07) is 19.0. The zero-order valence-electron chi connectivity index (χ0n) is 54.1. The first-order valence-electron chi connectivity index (χ1n) is 34.1. The Bertz CT molecular complexity index is 2100. The number of anilines is 2. The molecule has 2 nitrogen and oxygen atoms in total. The average Bonchev–Trinajstić information content (AvgIpc) is 4.40. The third kappa shape index (κ3) is 26.3. The molecule has 84 heavy (non-hydrogen) atoms. The van der Waals surface area contributed by atoms with Crippen LogP contribution < -0.4 is 9.80 Å². The Balaban J connectivity index is 0.000000166. The van der Waals surface area contributed by atoms with Crippen molar-refractivity contribution >= 4 is 75.2 Å². The number of hydrogen-bond acceptors (Lipinski definition) is 2. The predicted molar refractivity (Wildman–Crippen MR) is 381 cm³/mol. The fourth-order valence-electron chi connectivity index (χ4n) is 16.2. The van der Waals surface area contributed by atoms with E-state index in [0.29, 0.717) is 0 Å². The summed E-state index contributed by atoms with van der Waals surface area (Å²) in [6.45, 7) is 24.2. The second-order valence-corrected chi connectivity index (χ2v) is 45.3. The van der Waals surface area contributed by atoms with Crippen molar-refractivity contribution in [1.82, 2.24) is 0 Å². The van der Waals surface area contributed by atoms with Crippen LogP contribution in [0.25, 0.3) is 0 Å². The molecule has 0 atom stereocenters. The van der Waals surface area contributed by atoms with Gasteiger partial charge in [0.15, 0.2) is 0 Å². The molecule has 3 aromatic carbocycles. The summed E-state index contributed by atoms with van der Waals surface area (Å²) in [5.74, 6) is 0. The molecule has 0 N–H and O–H groups in total.